The van der Waals surface area contributed by atoms with Crippen molar-refractivity contribution >= 4 is 12.0 Å². The number of carbonyl (C=O) groups is 2. The lowest BCUT2D eigenvalue weighted by Crippen LogP contribution is -2.57. The van der Waals surface area contributed by atoms with Crippen molar-refractivity contribution in [3.05, 3.63) is 18.2 Å². The number of imidazole rings is 1. The summed E-state index contributed by atoms with van der Waals surface area (Å²) in [5, 5.41) is 9.38. The van der Waals surface area contributed by atoms with Crippen molar-refractivity contribution in [1.29, 1.82) is 0 Å². The standard InChI is InChI=1S/C19H31N3O3/c1-14(2)7-10-21-12-15(20-13-21)11-19(18(3,4)5)8-6-9-22(16(19)23)17(24)25/h12-14H,6-11H2,1-5H3,(H,24,25). The molecule has 0 radical (unpaired) electrons. The number of aromatic nitrogens is 2. The van der Waals surface area contributed by atoms with Crippen molar-refractivity contribution < 1.29 is 14.7 Å². The summed E-state index contributed by atoms with van der Waals surface area (Å²) in [6.07, 6.45) is 5.61. The summed E-state index contributed by atoms with van der Waals surface area (Å²) < 4.78 is 2.06. The molecular formula is C19H31N3O3. The van der Waals surface area contributed by atoms with E-state index in [0.29, 0.717) is 25.2 Å². The van der Waals surface area contributed by atoms with Crippen LogP contribution in [0.25, 0.3) is 0 Å². The fourth-order valence-electron chi connectivity index (χ4n) is 3.65. The third-order valence-electron chi connectivity index (χ3n) is 5.44. The molecule has 2 rings (SSSR count). The van der Waals surface area contributed by atoms with E-state index in [9.17, 15) is 14.7 Å². The van der Waals surface area contributed by atoms with Crippen molar-refractivity contribution in [1.82, 2.24) is 14.5 Å². The third kappa shape index (κ3) is 4.05. The monoisotopic (exact) mass is 349 g/mol. The van der Waals surface area contributed by atoms with Gasteiger partial charge in [0.05, 0.1) is 17.4 Å². The van der Waals surface area contributed by atoms with Crippen LogP contribution in [0.3, 0.4) is 0 Å². The van der Waals surface area contributed by atoms with Crippen LogP contribution in [0.1, 0.15) is 59.6 Å². The number of rotatable bonds is 5. The van der Waals surface area contributed by atoms with Gasteiger partial charge in [0.15, 0.2) is 0 Å². The van der Waals surface area contributed by atoms with E-state index in [1.165, 1.54) is 0 Å². The summed E-state index contributed by atoms with van der Waals surface area (Å²) in [5.41, 5.74) is -0.222. The van der Waals surface area contributed by atoms with Gasteiger partial charge in [0.25, 0.3) is 0 Å². The van der Waals surface area contributed by atoms with Gasteiger partial charge in [-0.1, -0.05) is 34.6 Å². The van der Waals surface area contributed by atoms with Gasteiger partial charge in [0.1, 0.15) is 0 Å². The molecule has 0 aromatic carbocycles. The van der Waals surface area contributed by atoms with Crippen LogP contribution in [-0.2, 0) is 17.8 Å². The fourth-order valence-corrected chi connectivity index (χ4v) is 3.65. The van der Waals surface area contributed by atoms with E-state index in [4.69, 9.17) is 0 Å². The van der Waals surface area contributed by atoms with E-state index in [2.05, 4.69) is 23.4 Å². The minimum absolute atomic E-state index is 0.282. The highest BCUT2D eigenvalue weighted by Gasteiger charge is 2.53. The molecule has 25 heavy (non-hydrogen) atoms. The number of carboxylic acid groups (broad SMARTS) is 1. The first-order chi connectivity index (χ1) is 11.6. The Labute approximate surface area is 150 Å². The number of likely N-dealkylation sites (tertiary alicyclic amines) is 1. The average Bonchev–Trinajstić information content (AvgIpc) is 2.93. The number of amides is 2. The molecule has 1 saturated heterocycles. The Hall–Kier alpha value is -1.85. The summed E-state index contributed by atoms with van der Waals surface area (Å²) in [4.78, 5) is 30.0. The second-order valence-electron chi connectivity index (χ2n) is 8.64. The number of nitrogens with zero attached hydrogens (tertiary/aromatic N) is 3. The second kappa shape index (κ2) is 7.18. The summed E-state index contributed by atoms with van der Waals surface area (Å²) >= 11 is 0. The molecule has 140 valence electrons. The smallest absolute Gasteiger partial charge is 0.414 e. The lowest BCUT2D eigenvalue weighted by Gasteiger charge is -2.48. The zero-order valence-corrected chi connectivity index (χ0v) is 16.1. The van der Waals surface area contributed by atoms with Crippen molar-refractivity contribution in [2.75, 3.05) is 6.54 Å². The molecule has 1 aliphatic heterocycles. The number of aryl methyl sites for hydroxylation is 1. The first-order valence-electron chi connectivity index (χ1n) is 9.12. The second-order valence-corrected chi connectivity index (χ2v) is 8.64. The molecule has 2 amide bonds. The molecule has 6 nitrogen and oxygen atoms in total. The molecule has 1 aromatic heterocycles. The Balaban J connectivity index is 2.27. The summed E-state index contributed by atoms with van der Waals surface area (Å²) in [7, 11) is 0. The van der Waals surface area contributed by atoms with Crippen LogP contribution in [0.2, 0.25) is 0 Å². The van der Waals surface area contributed by atoms with Gasteiger partial charge in [-0.15, -0.1) is 0 Å². The van der Waals surface area contributed by atoms with Crippen LogP contribution in [-0.4, -0.2) is 38.1 Å². The van der Waals surface area contributed by atoms with Crippen molar-refractivity contribution in [2.45, 2.75) is 66.8 Å². The first-order valence-corrected chi connectivity index (χ1v) is 9.12. The lowest BCUT2D eigenvalue weighted by molar-refractivity contribution is -0.152. The normalized spacial score (nSPS) is 21.8. The topological polar surface area (TPSA) is 75.4 Å². The molecule has 0 saturated carbocycles. The highest BCUT2D eigenvalue weighted by molar-refractivity contribution is 5.96. The first kappa shape index (κ1) is 19.5. The number of piperidine rings is 1. The van der Waals surface area contributed by atoms with E-state index in [1.807, 2.05) is 33.3 Å². The minimum Gasteiger partial charge on any atom is -0.465 e. The molecular weight excluding hydrogens is 318 g/mol. The van der Waals surface area contributed by atoms with E-state index in [-0.39, 0.29) is 17.9 Å². The molecule has 1 fully saturated rings. The largest absolute Gasteiger partial charge is 0.465 e. The molecule has 0 spiro atoms. The van der Waals surface area contributed by atoms with Gasteiger partial charge in [0, 0.05) is 25.7 Å². The van der Waals surface area contributed by atoms with Gasteiger partial charge in [-0.2, -0.15) is 0 Å². The quantitative estimate of drug-likeness (QED) is 0.877. The van der Waals surface area contributed by atoms with Crippen molar-refractivity contribution in [3.8, 4) is 0 Å². The zero-order valence-electron chi connectivity index (χ0n) is 16.1. The van der Waals surface area contributed by atoms with Gasteiger partial charge in [0.2, 0.25) is 5.91 Å². The maximum absolute atomic E-state index is 13.1. The minimum atomic E-state index is -1.15. The van der Waals surface area contributed by atoms with E-state index in [1.54, 1.807) is 0 Å². The van der Waals surface area contributed by atoms with Crippen molar-refractivity contribution in [2.24, 2.45) is 16.7 Å². The molecule has 1 aliphatic rings. The van der Waals surface area contributed by atoms with Crippen LogP contribution in [0.15, 0.2) is 12.5 Å². The summed E-state index contributed by atoms with van der Waals surface area (Å²) in [6, 6.07) is 0. The van der Waals surface area contributed by atoms with E-state index in [0.717, 1.165) is 23.6 Å². The highest BCUT2D eigenvalue weighted by atomic mass is 16.4. The van der Waals surface area contributed by atoms with Gasteiger partial charge in [-0.3, -0.25) is 4.79 Å². The van der Waals surface area contributed by atoms with Crippen LogP contribution >= 0.6 is 0 Å². The summed E-state index contributed by atoms with van der Waals surface area (Å²) in [6.45, 7) is 11.6. The SMILES string of the molecule is CC(C)CCn1cnc(CC2(C(C)(C)C)CCCN(C(=O)O)C2=O)c1. The van der Waals surface area contributed by atoms with Gasteiger partial charge in [-0.25, -0.2) is 14.7 Å². The Morgan fingerprint density at radius 1 is 1.40 bits per heavy atom. The summed E-state index contributed by atoms with van der Waals surface area (Å²) in [5.74, 6) is 0.339. The van der Waals surface area contributed by atoms with Crippen LogP contribution in [0, 0.1) is 16.7 Å². The van der Waals surface area contributed by atoms with Gasteiger partial charge in [-0.05, 0) is 30.6 Å². The number of hydrogen-bond acceptors (Lipinski definition) is 3. The van der Waals surface area contributed by atoms with Gasteiger partial charge < -0.3 is 9.67 Å². The average molecular weight is 349 g/mol. The Kier molecular flexibility index (Phi) is 5.59. The fraction of sp³-hybridized carbons (Fsp3) is 0.737. The van der Waals surface area contributed by atoms with Crippen LogP contribution in [0.5, 0.6) is 0 Å². The Morgan fingerprint density at radius 2 is 2.08 bits per heavy atom. The lowest BCUT2D eigenvalue weighted by atomic mass is 9.59. The van der Waals surface area contributed by atoms with Crippen LogP contribution in [0.4, 0.5) is 4.79 Å². The molecule has 1 unspecified atom stereocenters. The molecule has 1 atom stereocenters. The predicted octanol–water partition coefficient (Wildman–Crippen LogP) is 3.80. The van der Waals surface area contributed by atoms with Gasteiger partial charge >= 0.3 is 6.09 Å². The molecule has 0 aliphatic carbocycles. The predicted molar refractivity (Wildman–Crippen MR) is 96.2 cm³/mol. The number of hydrogen-bond donors (Lipinski definition) is 1. The van der Waals surface area contributed by atoms with Crippen molar-refractivity contribution in [3.63, 3.8) is 0 Å². The Morgan fingerprint density at radius 3 is 2.64 bits per heavy atom. The maximum Gasteiger partial charge on any atom is 0.414 e. The zero-order chi connectivity index (χ0) is 18.8. The van der Waals surface area contributed by atoms with E-state index >= 15 is 0 Å². The molecule has 6 heteroatoms. The maximum atomic E-state index is 13.1. The number of imide groups is 1. The van der Waals surface area contributed by atoms with Crippen LogP contribution < -0.4 is 0 Å². The molecule has 1 N–H and O–H groups in total. The molecule has 0 bridgehead atoms. The molecule has 2 heterocycles. The number of carbonyl (C=O) groups excluding carboxylic acids is 1. The van der Waals surface area contributed by atoms with E-state index < -0.39 is 11.5 Å². The highest BCUT2D eigenvalue weighted by Crippen LogP contribution is 2.48. The molecule has 1 aromatic rings. The third-order valence-corrected chi connectivity index (χ3v) is 5.44. The Bertz CT molecular complexity index is 630.